The molecule has 0 radical (unpaired) electrons. The Bertz CT molecular complexity index is 390. The highest BCUT2D eigenvalue weighted by Crippen LogP contribution is 1.96. The highest BCUT2D eigenvalue weighted by molar-refractivity contribution is 5.39. The number of pyridine rings is 1. The van der Waals surface area contributed by atoms with Crippen molar-refractivity contribution in [1.82, 2.24) is 4.98 Å². The second kappa shape index (κ2) is 3.10. The molecule has 1 heterocycles. The maximum atomic E-state index is 4.22. The van der Waals surface area contributed by atoms with Crippen LogP contribution in [0.5, 0.6) is 0 Å². The van der Waals surface area contributed by atoms with Crippen molar-refractivity contribution in [2.24, 2.45) is 0 Å². The van der Waals surface area contributed by atoms with Crippen LogP contribution in [-0.4, -0.2) is 4.98 Å². The Labute approximate surface area is 72.5 Å². The van der Waals surface area contributed by atoms with Crippen molar-refractivity contribution in [2.75, 3.05) is 0 Å². The second-order valence-corrected chi connectivity index (χ2v) is 3.14. The van der Waals surface area contributed by atoms with Gasteiger partial charge in [0.05, 0.1) is 0 Å². The molecular formula is C11H13N. The fraction of sp³-hybridized carbons (Fsp3) is 0.364. The molecular weight excluding hydrogens is 146 g/mol. The number of rotatable bonds is 1. The minimum atomic E-state index is 1.08. The zero-order valence-corrected chi connectivity index (χ0v) is 7.38. The fourth-order valence-electron chi connectivity index (χ4n) is 1.69. The minimum Gasteiger partial charge on any atom is -0.264 e. The van der Waals surface area contributed by atoms with Crippen LogP contribution in [0.4, 0.5) is 0 Å². The zero-order valence-electron chi connectivity index (χ0n) is 7.38. The van der Waals surface area contributed by atoms with Crippen LogP contribution >= 0.6 is 0 Å². The Hall–Kier alpha value is -1.11. The molecule has 0 atom stereocenters. The molecule has 0 unspecified atom stereocenters. The molecule has 1 heteroatoms. The number of hydrogen-bond donors (Lipinski definition) is 0. The summed E-state index contributed by atoms with van der Waals surface area (Å²) in [7, 11) is 0. The average molecular weight is 159 g/mol. The molecule has 0 aromatic carbocycles. The summed E-state index contributed by atoms with van der Waals surface area (Å²) in [5.41, 5.74) is 1.38. The summed E-state index contributed by atoms with van der Waals surface area (Å²) in [5.74, 6) is 0. The SMILES string of the molecule is CCc1cncc2c1=CCCC=2. The van der Waals surface area contributed by atoms with Gasteiger partial charge in [-0.05, 0) is 35.3 Å². The van der Waals surface area contributed by atoms with Gasteiger partial charge >= 0.3 is 0 Å². The molecule has 0 N–H and O–H groups in total. The molecule has 0 aliphatic heterocycles. The largest absolute Gasteiger partial charge is 0.264 e. The third-order valence-corrected chi connectivity index (χ3v) is 2.36. The van der Waals surface area contributed by atoms with E-state index >= 15 is 0 Å². The van der Waals surface area contributed by atoms with Gasteiger partial charge in [0, 0.05) is 12.4 Å². The molecule has 1 nitrogen and oxygen atoms in total. The number of aryl methyl sites for hydroxylation is 1. The lowest BCUT2D eigenvalue weighted by molar-refractivity contribution is 1.04. The van der Waals surface area contributed by atoms with E-state index in [0.29, 0.717) is 0 Å². The van der Waals surface area contributed by atoms with Gasteiger partial charge < -0.3 is 0 Å². The van der Waals surface area contributed by atoms with Crippen molar-refractivity contribution in [2.45, 2.75) is 26.2 Å². The summed E-state index contributed by atoms with van der Waals surface area (Å²) in [5, 5.41) is 2.74. The van der Waals surface area contributed by atoms with Crippen LogP contribution in [0.3, 0.4) is 0 Å². The van der Waals surface area contributed by atoms with Crippen molar-refractivity contribution in [3.8, 4) is 0 Å². The standard InChI is InChI=1S/C11H13N/c1-2-9-7-12-8-10-5-3-4-6-11(9)10/h5-8H,2-4H2,1H3. The molecule has 2 rings (SSSR count). The van der Waals surface area contributed by atoms with Crippen molar-refractivity contribution >= 4 is 12.2 Å². The highest BCUT2D eigenvalue weighted by atomic mass is 14.6. The monoisotopic (exact) mass is 159 g/mol. The van der Waals surface area contributed by atoms with Crippen molar-refractivity contribution in [1.29, 1.82) is 0 Å². The molecule has 0 spiro atoms. The first kappa shape index (κ1) is 7.53. The highest BCUT2D eigenvalue weighted by Gasteiger charge is 1.97. The number of fused-ring (bicyclic) bond motifs is 1. The summed E-state index contributed by atoms with van der Waals surface area (Å²) in [6, 6.07) is 0. The minimum absolute atomic E-state index is 1.08. The molecule has 0 saturated carbocycles. The summed E-state index contributed by atoms with van der Waals surface area (Å²) in [6.45, 7) is 2.18. The van der Waals surface area contributed by atoms with Crippen LogP contribution in [0, 0.1) is 0 Å². The van der Waals surface area contributed by atoms with Gasteiger partial charge in [-0.1, -0.05) is 19.1 Å². The van der Waals surface area contributed by atoms with E-state index in [1.807, 2.05) is 12.4 Å². The van der Waals surface area contributed by atoms with Crippen LogP contribution in [-0.2, 0) is 6.42 Å². The average Bonchev–Trinajstić information content (AvgIpc) is 2.17. The van der Waals surface area contributed by atoms with Crippen LogP contribution < -0.4 is 10.4 Å². The molecule has 1 aromatic heterocycles. The van der Waals surface area contributed by atoms with Gasteiger partial charge in [0.15, 0.2) is 0 Å². The smallest absolute Gasteiger partial charge is 0.0343 e. The predicted molar refractivity (Wildman–Crippen MR) is 51.0 cm³/mol. The van der Waals surface area contributed by atoms with Gasteiger partial charge in [0.25, 0.3) is 0 Å². The van der Waals surface area contributed by atoms with Crippen LogP contribution in [0.2, 0.25) is 0 Å². The maximum absolute atomic E-state index is 4.22. The van der Waals surface area contributed by atoms with E-state index in [0.717, 1.165) is 6.42 Å². The van der Waals surface area contributed by atoms with Crippen molar-refractivity contribution in [3.63, 3.8) is 0 Å². The van der Waals surface area contributed by atoms with Gasteiger partial charge in [-0.3, -0.25) is 4.98 Å². The van der Waals surface area contributed by atoms with E-state index < -0.39 is 0 Å². The zero-order chi connectivity index (χ0) is 8.39. The van der Waals surface area contributed by atoms with E-state index in [2.05, 4.69) is 24.1 Å². The molecule has 0 fully saturated rings. The molecule has 12 heavy (non-hydrogen) atoms. The molecule has 0 amide bonds. The lowest BCUT2D eigenvalue weighted by Gasteiger charge is -2.03. The van der Waals surface area contributed by atoms with E-state index in [1.54, 1.807) is 0 Å². The van der Waals surface area contributed by atoms with E-state index in [4.69, 9.17) is 0 Å². The Balaban J connectivity index is 2.77. The maximum Gasteiger partial charge on any atom is 0.0343 e. The van der Waals surface area contributed by atoms with Gasteiger partial charge in [-0.15, -0.1) is 0 Å². The van der Waals surface area contributed by atoms with Crippen molar-refractivity contribution in [3.05, 3.63) is 28.4 Å². The van der Waals surface area contributed by atoms with E-state index in [-0.39, 0.29) is 0 Å². The Morgan fingerprint density at radius 1 is 1.25 bits per heavy atom. The predicted octanol–water partition coefficient (Wildman–Crippen LogP) is 0.999. The summed E-state index contributed by atoms with van der Waals surface area (Å²) in [6.07, 6.45) is 12.0. The molecule has 0 bridgehead atoms. The summed E-state index contributed by atoms with van der Waals surface area (Å²) < 4.78 is 0. The van der Waals surface area contributed by atoms with E-state index in [9.17, 15) is 0 Å². The number of nitrogens with zero attached hydrogens (tertiary/aromatic N) is 1. The third-order valence-electron chi connectivity index (χ3n) is 2.36. The lowest BCUT2D eigenvalue weighted by Crippen LogP contribution is -2.30. The van der Waals surface area contributed by atoms with Gasteiger partial charge in [0.1, 0.15) is 0 Å². The summed E-state index contributed by atoms with van der Waals surface area (Å²) in [4.78, 5) is 4.22. The van der Waals surface area contributed by atoms with Crippen molar-refractivity contribution < 1.29 is 0 Å². The molecule has 1 aliphatic carbocycles. The van der Waals surface area contributed by atoms with Gasteiger partial charge in [0.2, 0.25) is 0 Å². The molecule has 62 valence electrons. The molecule has 1 aliphatic rings. The fourth-order valence-corrected chi connectivity index (χ4v) is 1.69. The first-order valence-corrected chi connectivity index (χ1v) is 4.55. The Morgan fingerprint density at radius 2 is 2.08 bits per heavy atom. The molecule has 0 saturated heterocycles. The topological polar surface area (TPSA) is 12.9 Å². The lowest BCUT2D eigenvalue weighted by atomic mass is 10.0. The molecule has 1 aromatic rings. The van der Waals surface area contributed by atoms with Crippen LogP contribution in [0.15, 0.2) is 12.4 Å². The summed E-state index contributed by atoms with van der Waals surface area (Å²) >= 11 is 0. The van der Waals surface area contributed by atoms with Crippen LogP contribution in [0.25, 0.3) is 12.2 Å². The quantitative estimate of drug-likeness (QED) is 0.595. The number of aromatic nitrogens is 1. The number of hydrogen-bond acceptors (Lipinski definition) is 1. The second-order valence-electron chi connectivity index (χ2n) is 3.14. The van der Waals surface area contributed by atoms with Gasteiger partial charge in [-0.2, -0.15) is 0 Å². The first-order chi connectivity index (χ1) is 5.92. The first-order valence-electron chi connectivity index (χ1n) is 4.55. The van der Waals surface area contributed by atoms with E-state index in [1.165, 1.54) is 28.8 Å². The Morgan fingerprint density at radius 3 is 2.92 bits per heavy atom. The normalized spacial score (nSPS) is 14.4. The Kier molecular flexibility index (Phi) is 1.94. The third kappa shape index (κ3) is 1.15. The van der Waals surface area contributed by atoms with Crippen LogP contribution in [0.1, 0.15) is 25.3 Å². The van der Waals surface area contributed by atoms with Gasteiger partial charge in [-0.25, -0.2) is 0 Å².